The fourth-order valence-electron chi connectivity index (χ4n) is 4.11. The molecule has 176 valence electrons. The van der Waals surface area contributed by atoms with Gasteiger partial charge in [0.05, 0.1) is 18.7 Å². The van der Waals surface area contributed by atoms with Crippen LogP contribution in [-0.2, 0) is 0 Å². The van der Waals surface area contributed by atoms with Gasteiger partial charge in [0.1, 0.15) is 12.4 Å². The smallest absolute Gasteiger partial charge is 0.258 e. The summed E-state index contributed by atoms with van der Waals surface area (Å²) < 4.78 is 16.8. The predicted molar refractivity (Wildman–Crippen MR) is 126 cm³/mol. The molecule has 0 radical (unpaired) electrons. The Balaban J connectivity index is 1.54. The lowest BCUT2D eigenvalue weighted by molar-refractivity contribution is 0.275. The van der Waals surface area contributed by atoms with Crippen molar-refractivity contribution in [3.8, 4) is 34.5 Å². The van der Waals surface area contributed by atoms with Gasteiger partial charge in [-0.3, -0.25) is 0 Å². The van der Waals surface area contributed by atoms with Gasteiger partial charge >= 0.3 is 0 Å². The molecular formula is C24H29ClN4O4. The highest BCUT2D eigenvalue weighted by Gasteiger charge is 2.22. The van der Waals surface area contributed by atoms with Crippen LogP contribution in [0.4, 0.5) is 0 Å². The molecule has 8 nitrogen and oxygen atoms in total. The Morgan fingerprint density at radius 1 is 1.12 bits per heavy atom. The highest BCUT2D eigenvalue weighted by atomic mass is 35.5. The standard InChI is InChI=1S/C24H29ClN4O4/c1-15-11-17(12-19(25)22(15)32-10-8-26-7-9-30)23-28-24(33-29-23)18-13-20(16-5-3-4-6-16)27-21(14-18)31-2/h11-14,16,26,30H,3-10H2,1-2H3. The van der Waals surface area contributed by atoms with E-state index in [4.69, 9.17) is 30.7 Å². The van der Waals surface area contributed by atoms with Crippen LogP contribution >= 0.6 is 11.6 Å². The molecule has 0 spiro atoms. The predicted octanol–water partition coefficient (Wildman–Crippen LogP) is 4.39. The van der Waals surface area contributed by atoms with E-state index in [9.17, 15) is 0 Å². The lowest BCUT2D eigenvalue weighted by Crippen LogP contribution is -2.24. The van der Waals surface area contributed by atoms with Crippen LogP contribution < -0.4 is 14.8 Å². The van der Waals surface area contributed by atoms with Gasteiger partial charge in [0.15, 0.2) is 0 Å². The molecule has 0 bridgehead atoms. The number of aliphatic hydroxyl groups is 1. The van der Waals surface area contributed by atoms with Crippen LogP contribution in [0.1, 0.15) is 42.9 Å². The van der Waals surface area contributed by atoms with Gasteiger partial charge < -0.3 is 24.4 Å². The van der Waals surface area contributed by atoms with Crippen molar-refractivity contribution in [2.24, 2.45) is 0 Å². The van der Waals surface area contributed by atoms with Crippen LogP contribution in [-0.4, -0.2) is 53.6 Å². The number of aromatic nitrogens is 3. The molecule has 0 aliphatic heterocycles. The molecule has 0 atom stereocenters. The second-order valence-corrected chi connectivity index (χ2v) is 8.56. The Hall–Kier alpha value is -2.68. The van der Waals surface area contributed by atoms with E-state index in [1.54, 1.807) is 13.2 Å². The SMILES string of the molecule is COc1cc(-c2nc(-c3cc(C)c(OCCNCCO)c(Cl)c3)no2)cc(C2CCCC2)n1. The summed E-state index contributed by atoms with van der Waals surface area (Å²) in [5.74, 6) is 2.46. The van der Waals surface area contributed by atoms with E-state index < -0.39 is 0 Å². The number of ether oxygens (including phenoxy) is 2. The van der Waals surface area contributed by atoms with Gasteiger partial charge in [-0.1, -0.05) is 29.6 Å². The summed E-state index contributed by atoms with van der Waals surface area (Å²) in [6.07, 6.45) is 4.72. The molecule has 0 amide bonds. The van der Waals surface area contributed by atoms with Gasteiger partial charge in [0.25, 0.3) is 5.89 Å². The van der Waals surface area contributed by atoms with Crippen molar-refractivity contribution in [1.29, 1.82) is 0 Å². The highest BCUT2D eigenvalue weighted by Crippen LogP contribution is 2.37. The van der Waals surface area contributed by atoms with E-state index in [0.29, 0.717) is 54.0 Å². The second kappa shape index (κ2) is 11.0. The first-order chi connectivity index (χ1) is 16.1. The summed E-state index contributed by atoms with van der Waals surface area (Å²) in [5, 5.41) is 16.5. The molecule has 2 N–H and O–H groups in total. The van der Waals surface area contributed by atoms with Gasteiger partial charge in [-0.2, -0.15) is 4.98 Å². The lowest BCUT2D eigenvalue weighted by atomic mass is 10.0. The molecule has 1 fully saturated rings. The summed E-state index contributed by atoms with van der Waals surface area (Å²) in [4.78, 5) is 9.25. The maximum absolute atomic E-state index is 8.82. The zero-order valence-electron chi connectivity index (χ0n) is 18.9. The van der Waals surface area contributed by atoms with Crippen molar-refractivity contribution in [2.75, 3.05) is 33.4 Å². The van der Waals surface area contributed by atoms with Crippen molar-refractivity contribution in [2.45, 2.75) is 38.5 Å². The Labute approximate surface area is 198 Å². The second-order valence-electron chi connectivity index (χ2n) is 8.15. The van der Waals surface area contributed by atoms with Crippen LogP contribution in [0.3, 0.4) is 0 Å². The van der Waals surface area contributed by atoms with Crippen LogP contribution in [0, 0.1) is 6.92 Å². The Morgan fingerprint density at radius 2 is 1.94 bits per heavy atom. The number of methoxy groups -OCH3 is 1. The molecule has 0 saturated heterocycles. The summed E-state index contributed by atoms with van der Waals surface area (Å²) in [5.41, 5.74) is 3.42. The monoisotopic (exact) mass is 472 g/mol. The zero-order valence-corrected chi connectivity index (χ0v) is 19.7. The molecule has 3 aromatic rings. The lowest BCUT2D eigenvalue weighted by Gasteiger charge is -2.12. The molecule has 0 unspecified atom stereocenters. The quantitative estimate of drug-likeness (QED) is 0.419. The van der Waals surface area contributed by atoms with Crippen molar-refractivity contribution >= 4 is 11.6 Å². The molecule has 1 aromatic carbocycles. The normalized spacial score (nSPS) is 14.1. The van der Waals surface area contributed by atoms with Crippen molar-refractivity contribution < 1.29 is 19.1 Å². The molecule has 9 heteroatoms. The van der Waals surface area contributed by atoms with Crippen molar-refractivity contribution in [1.82, 2.24) is 20.4 Å². The highest BCUT2D eigenvalue weighted by molar-refractivity contribution is 6.32. The third-order valence-corrected chi connectivity index (χ3v) is 6.06. The van der Waals surface area contributed by atoms with Crippen molar-refractivity contribution in [3.05, 3.63) is 40.5 Å². The number of hydrogen-bond acceptors (Lipinski definition) is 8. The minimum atomic E-state index is 0.0926. The average molecular weight is 473 g/mol. The number of aliphatic hydroxyl groups excluding tert-OH is 1. The maximum atomic E-state index is 8.82. The first-order valence-corrected chi connectivity index (χ1v) is 11.6. The third-order valence-electron chi connectivity index (χ3n) is 5.78. The first kappa shape index (κ1) is 23.5. The van der Waals surface area contributed by atoms with Crippen LogP contribution in [0.2, 0.25) is 5.02 Å². The average Bonchev–Trinajstić information content (AvgIpc) is 3.53. The van der Waals surface area contributed by atoms with E-state index in [1.165, 1.54) is 12.8 Å². The van der Waals surface area contributed by atoms with Gasteiger partial charge in [0, 0.05) is 41.9 Å². The van der Waals surface area contributed by atoms with Crippen molar-refractivity contribution in [3.63, 3.8) is 0 Å². The van der Waals surface area contributed by atoms with Gasteiger partial charge in [-0.15, -0.1) is 0 Å². The van der Waals surface area contributed by atoms with E-state index in [1.807, 2.05) is 25.1 Å². The zero-order chi connectivity index (χ0) is 23.2. The van der Waals surface area contributed by atoms with Crippen LogP contribution in [0.15, 0.2) is 28.8 Å². The number of rotatable bonds is 10. The van der Waals surface area contributed by atoms with E-state index in [-0.39, 0.29) is 6.61 Å². The molecule has 1 saturated carbocycles. The summed E-state index contributed by atoms with van der Waals surface area (Å²) >= 11 is 6.49. The number of hydrogen-bond donors (Lipinski definition) is 2. The minimum absolute atomic E-state index is 0.0926. The molecule has 2 aromatic heterocycles. The maximum Gasteiger partial charge on any atom is 0.258 e. The molecule has 4 rings (SSSR count). The van der Waals surface area contributed by atoms with E-state index >= 15 is 0 Å². The van der Waals surface area contributed by atoms with Crippen LogP contribution in [0.5, 0.6) is 11.6 Å². The summed E-state index contributed by atoms with van der Waals surface area (Å²) in [7, 11) is 1.61. The largest absolute Gasteiger partial charge is 0.490 e. The minimum Gasteiger partial charge on any atom is -0.490 e. The number of nitrogens with zero attached hydrogens (tertiary/aromatic N) is 3. The molecule has 1 aliphatic rings. The third kappa shape index (κ3) is 5.63. The number of nitrogens with one attached hydrogen (secondary N) is 1. The number of halogens is 1. The summed E-state index contributed by atoms with van der Waals surface area (Å²) in [6, 6.07) is 7.54. The van der Waals surface area contributed by atoms with Gasteiger partial charge in [-0.25, -0.2) is 4.98 Å². The molecule has 1 aliphatic carbocycles. The fraction of sp³-hybridized carbons (Fsp3) is 0.458. The van der Waals surface area contributed by atoms with E-state index in [2.05, 4.69) is 20.4 Å². The topological polar surface area (TPSA) is 103 Å². The van der Waals surface area contributed by atoms with E-state index in [0.717, 1.165) is 35.2 Å². The Morgan fingerprint density at radius 3 is 2.67 bits per heavy atom. The molecular weight excluding hydrogens is 444 g/mol. The van der Waals surface area contributed by atoms with Crippen LogP contribution in [0.25, 0.3) is 22.8 Å². The molecule has 33 heavy (non-hydrogen) atoms. The van der Waals surface area contributed by atoms with Gasteiger partial charge in [0.2, 0.25) is 11.7 Å². The Bertz CT molecular complexity index is 1060. The number of benzene rings is 1. The Kier molecular flexibility index (Phi) is 7.80. The summed E-state index contributed by atoms with van der Waals surface area (Å²) in [6.45, 7) is 3.61. The number of aryl methyl sites for hydroxylation is 1. The van der Waals surface area contributed by atoms with Gasteiger partial charge in [-0.05, 0) is 43.5 Å². The fourth-order valence-corrected chi connectivity index (χ4v) is 4.44. The first-order valence-electron chi connectivity index (χ1n) is 11.2. The number of pyridine rings is 1. The molecule has 2 heterocycles.